The largest absolute Gasteiger partial charge is 0.390 e. The topological polar surface area (TPSA) is 60.9 Å². The quantitative estimate of drug-likeness (QED) is 0.827. The molecule has 1 atom stereocenters. The van der Waals surface area contributed by atoms with Crippen molar-refractivity contribution in [2.75, 3.05) is 26.2 Å². The zero-order chi connectivity index (χ0) is 15.0. The van der Waals surface area contributed by atoms with E-state index in [1.165, 1.54) is 0 Å². The molecule has 3 rings (SSSR count). The molecule has 0 spiro atoms. The van der Waals surface area contributed by atoms with Crippen molar-refractivity contribution in [2.45, 2.75) is 51.0 Å². The Bertz CT molecular complexity index is 421. The molecule has 2 aliphatic heterocycles. The normalized spacial score (nSPS) is 29.3. The van der Waals surface area contributed by atoms with Crippen molar-refractivity contribution in [3.05, 3.63) is 0 Å². The summed E-state index contributed by atoms with van der Waals surface area (Å²) in [5.41, 5.74) is -0.628. The summed E-state index contributed by atoms with van der Waals surface area (Å²) in [6.07, 6.45) is 5.16. The number of rotatable bonds is 2. The molecule has 0 bridgehead atoms. The van der Waals surface area contributed by atoms with Gasteiger partial charge in [0.2, 0.25) is 11.8 Å². The van der Waals surface area contributed by atoms with Crippen molar-refractivity contribution in [2.24, 2.45) is 11.8 Å². The van der Waals surface area contributed by atoms with Crippen LogP contribution in [0.4, 0.5) is 0 Å². The molecule has 5 heteroatoms. The Morgan fingerprint density at radius 1 is 0.952 bits per heavy atom. The van der Waals surface area contributed by atoms with Crippen molar-refractivity contribution in [3.8, 4) is 0 Å². The minimum atomic E-state index is -0.628. The van der Waals surface area contributed by atoms with Crippen LogP contribution in [-0.4, -0.2) is 58.5 Å². The van der Waals surface area contributed by atoms with Gasteiger partial charge in [-0.05, 0) is 45.4 Å². The molecule has 0 aromatic heterocycles. The van der Waals surface area contributed by atoms with Gasteiger partial charge in [0.25, 0.3) is 0 Å². The number of carbonyl (C=O) groups excluding carboxylic acids is 2. The Morgan fingerprint density at radius 2 is 1.57 bits per heavy atom. The second-order valence-electron chi connectivity index (χ2n) is 7.22. The second-order valence-corrected chi connectivity index (χ2v) is 7.22. The average molecular weight is 294 g/mol. The molecule has 21 heavy (non-hydrogen) atoms. The maximum absolute atomic E-state index is 12.6. The number of hydrogen-bond donors (Lipinski definition) is 1. The molecule has 2 heterocycles. The first-order chi connectivity index (χ1) is 9.96. The molecule has 0 aromatic carbocycles. The average Bonchev–Trinajstić information content (AvgIpc) is 3.30. The number of likely N-dealkylation sites (tertiary alicyclic amines) is 2. The molecule has 5 nitrogen and oxygen atoms in total. The van der Waals surface area contributed by atoms with E-state index < -0.39 is 5.60 Å². The summed E-state index contributed by atoms with van der Waals surface area (Å²) in [5, 5.41) is 9.98. The molecule has 0 aromatic rings. The Hall–Kier alpha value is -1.10. The minimum Gasteiger partial charge on any atom is -0.390 e. The van der Waals surface area contributed by atoms with E-state index in [0.717, 1.165) is 32.2 Å². The molecule has 1 N–H and O–H groups in total. The van der Waals surface area contributed by atoms with E-state index in [2.05, 4.69) is 0 Å². The third-order valence-electron chi connectivity index (χ3n) is 5.16. The summed E-state index contributed by atoms with van der Waals surface area (Å²) >= 11 is 0. The third-order valence-corrected chi connectivity index (χ3v) is 5.16. The van der Waals surface area contributed by atoms with Gasteiger partial charge in [-0.15, -0.1) is 0 Å². The van der Waals surface area contributed by atoms with Crippen LogP contribution in [0, 0.1) is 11.8 Å². The second kappa shape index (κ2) is 5.59. The number of aliphatic hydroxyl groups is 1. The monoisotopic (exact) mass is 294 g/mol. The Kier molecular flexibility index (Phi) is 3.95. The summed E-state index contributed by atoms with van der Waals surface area (Å²) in [6, 6.07) is 0. The van der Waals surface area contributed by atoms with E-state index in [4.69, 9.17) is 0 Å². The van der Waals surface area contributed by atoms with Gasteiger partial charge in [0.1, 0.15) is 0 Å². The number of nitrogens with zero attached hydrogens (tertiary/aromatic N) is 2. The van der Waals surface area contributed by atoms with Crippen LogP contribution in [0.15, 0.2) is 0 Å². The van der Waals surface area contributed by atoms with E-state index in [-0.39, 0.29) is 23.7 Å². The summed E-state index contributed by atoms with van der Waals surface area (Å²) < 4.78 is 0. The number of piperidine rings is 2. The zero-order valence-corrected chi connectivity index (χ0v) is 12.9. The predicted molar refractivity (Wildman–Crippen MR) is 78.5 cm³/mol. The minimum absolute atomic E-state index is 0.0375. The first-order valence-electron chi connectivity index (χ1n) is 8.26. The fourth-order valence-electron chi connectivity index (χ4n) is 3.43. The summed E-state index contributed by atoms with van der Waals surface area (Å²) in [6.45, 7) is 4.53. The Labute approximate surface area is 126 Å². The third kappa shape index (κ3) is 3.39. The zero-order valence-electron chi connectivity index (χ0n) is 12.9. The SMILES string of the molecule is CC1(O)CCN(C(=O)C2CCCN(C(=O)C3CC3)C2)CC1. The van der Waals surface area contributed by atoms with Crippen LogP contribution in [0.3, 0.4) is 0 Å². The van der Waals surface area contributed by atoms with Gasteiger partial charge in [-0.2, -0.15) is 0 Å². The predicted octanol–water partition coefficient (Wildman–Crippen LogP) is 1.01. The van der Waals surface area contributed by atoms with Gasteiger partial charge in [0.15, 0.2) is 0 Å². The molecule has 1 unspecified atom stereocenters. The van der Waals surface area contributed by atoms with Gasteiger partial charge >= 0.3 is 0 Å². The summed E-state index contributed by atoms with van der Waals surface area (Å²) in [5.74, 6) is 0.640. The number of amides is 2. The van der Waals surface area contributed by atoms with Gasteiger partial charge in [-0.1, -0.05) is 0 Å². The van der Waals surface area contributed by atoms with Crippen molar-refractivity contribution in [3.63, 3.8) is 0 Å². The Balaban J connectivity index is 1.55. The van der Waals surface area contributed by atoms with Crippen molar-refractivity contribution >= 4 is 11.8 Å². The van der Waals surface area contributed by atoms with Crippen LogP contribution in [0.25, 0.3) is 0 Å². The van der Waals surface area contributed by atoms with E-state index in [1.807, 2.05) is 16.7 Å². The van der Waals surface area contributed by atoms with E-state index in [9.17, 15) is 14.7 Å². The molecule has 1 aliphatic carbocycles. The van der Waals surface area contributed by atoms with Crippen LogP contribution in [-0.2, 0) is 9.59 Å². The lowest BCUT2D eigenvalue weighted by molar-refractivity contribution is -0.144. The fraction of sp³-hybridized carbons (Fsp3) is 0.875. The fourth-order valence-corrected chi connectivity index (χ4v) is 3.43. The van der Waals surface area contributed by atoms with Crippen molar-refractivity contribution < 1.29 is 14.7 Å². The lowest BCUT2D eigenvalue weighted by atomic mass is 9.91. The number of carbonyl (C=O) groups is 2. The van der Waals surface area contributed by atoms with E-state index in [0.29, 0.717) is 32.5 Å². The highest BCUT2D eigenvalue weighted by molar-refractivity contribution is 5.83. The highest BCUT2D eigenvalue weighted by Gasteiger charge is 2.38. The van der Waals surface area contributed by atoms with Crippen LogP contribution >= 0.6 is 0 Å². The van der Waals surface area contributed by atoms with Gasteiger partial charge in [-0.3, -0.25) is 9.59 Å². The first kappa shape index (κ1) is 14.8. The summed E-state index contributed by atoms with van der Waals surface area (Å²) in [7, 11) is 0. The molecule has 3 aliphatic rings. The lowest BCUT2D eigenvalue weighted by Gasteiger charge is -2.39. The number of hydrogen-bond acceptors (Lipinski definition) is 3. The molecule has 2 amide bonds. The molecule has 1 saturated carbocycles. The standard InChI is InChI=1S/C16H26N2O3/c1-16(21)6-9-17(10-7-16)15(20)13-3-2-8-18(11-13)14(19)12-4-5-12/h12-13,21H,2-11H2,1H3. The maximum atomic E-state index is 12.6. The van der Waals surface area contributed by atoms with Gasteiger partial charge < -0.3 is 14.9 Å². The first-order valence-corrected chi connectivity index (χ1v) is 8.26. The van der Waals surface area contributed by atoms with Crippen LogP contribution in [0.5, 0.6) is 0 Å². The van der Waals surface area contributed by atoms with Crippen molar-refractivity contribution in [1.29, 1.82) is 0 Å². The summed E-state index contributed by atoms with van der Waals surface area (Å²) in [4.78, 5) is 28.6. The molecule has 0 radical (unpaired) electrons. The van der Waals surface area contributed by atoms with Gasteiger partial charge in [0.05, 0.1) is 11.5 Å². The van der Waals surface area contributed by atoms with Gasteiger partial charge in [0, 0.05) is 32.1 Å². The highest BCUT2D eigenvalue weighted by Crippen LogP contribution is 2.33. The van der Waals surface area contributed by atoms with Crippen LogP contribution in [0.1, 0.15) is 45.4 Å². The highest BCUT2D eigenvalue weighted by atomic mass is 16.3. The van der Waals surface area contributed by atoms with Gasteiger partial charge in [-0.25, -0.2) is 0 Å². The smallest absolute Gasteiger partial charge is 0.227 e. The van der Waals surface area contributed by atoms with E-state index >= 15 is 0 Å². The Morgan fingerprint density at radius 3 is 2.19 bits per heavy atom. The molecule has 118 valence electrons. The lowest BCUT2D eigenvalue weighted by Crippen LogP contribution is -2.51. The molecule has 3 fully saturated rings. The molecule has 2 saturated heterocycles. The van der Waals surface area contributed by atoms with Crippen molar-refractivity contribution in [1.82, 2.24) is 9.80 Å². The molecular formula is C16H26N2O3. The van der Waals surface area contributed by atoms with E-state index in [1.54, 1.807) is 0 Å². The van der Waals surface area contributed by atoms with Crippen LogP contribution < -0.4 is 0 Å². The molecular weight excluding hydrogens is 268 g/mol. The maximum Gasteiger partial charge on any atom is 0.227 e. The van der Waals surface area contributed by atoms with Crippen LogP contribution in [0.2, 0.25) is 0 Å².